The fourth-order valence-electron chi connectivity index (χ4n) is 6.30. The van der Waals surface area contributed by atoms with Gasteiger partial charge in [-0.25, -0.2) is 4.79 Å². The van der Waals surface area contributed by atoms with Crippen LogP contribution in [0, 0.1) is 0 Å². The second-order valence-corrected chi connectivity index (χ2v) is 14.1. The van der Waals surface area contributed by atoms with E-state index >= 15 is 0 Å². The van der Waals surface area contributed by atoms with Crippen molar-refractivity contribution in [1.29, 1.82) is 0 Å². The van der Waals surface area contributed by atoms with Gasteiger partial charge in [0.05, 0.1) is 0 Å². The highest BCUT2D eigenvalue weighted by molar-refractivity contribution is 6.30. The molecule has 58 heavy (non-hydrogen) atoms. The number of nitrogens with one attached hydrogen (secondary N) is 6. The average molecular weight is 807 g/mol. The van der Waals surface area contributed by atoms with E-state index in [1.165, 1.54) is 0 Å². The van der Waals surface area contributed by atoms with Crippen molar-refractivity contribution in [1.82, 2.24) is 26.3 Å². The first-order chi connectivity index (χ1) is 27.9. The van der Waals surface area contributed by atoms with Crippen LogP contribution in [0.2, 0.25) is 5.02 Å². The van der Waals surface area contributed by atoms with E-state index in [1.807, 2.05) is 30.3 Å². The zero-order valence-electron chi connectivity index (χ0n) is 31.6. The Bertz CT molecular complexity index is 2190. The molecule has 0 aliphatic heterocycles. The molecule has 0 radical (unpaired) electrons. The summed E-state index contributed by atoms with van der Waals surface area (Å²) in [7, 11) is 0. The molecule has 4 atom stereocenters. The van der Waals surface area contributed by atoms with E-state index in [4.69, 9.17) is 28.8 Å². The number of urea groups is 1. The van der Waals surface area contributed by atoms with Crippen LogP contribution in [0.1, 0.15) is 29.5 Å². The second kappa shape index (κ2) is 20.9. The number of nitrogens with two attached hydrogens (primary N) is 3. The Morgan fingerprint density at radius 3 is 1.83 bits per heavy atom. The number of nitrogens with zero attached hydrogens (tertiary/aromatic N) is 1. The molecule has 6 amide bonds. The maximum Gasteiger partial charge on any atom is 0.319 e. The Hall–Kier alpha value is -6.87. The van der Waals surface area contributed by atoms with Gasteiger partial charge < -0.3 is 48.8 Å². The van der Waals surface area contributed by atoms with Gasteiger partial charge in [0.2, 0.25) is 23.6 Å². The molecule has 12 N–H and O–H groups in total. The number of carbonyl (C=O) groups excluding carboxylic acids is 5. The molecule has 1 heterocycles. The molecule has 4 aromatic carbocycles. The third-order valence-corrected chi connectivity index (χ3v) is 9.51. The maximum atomic E-state index is 14.3. The lowest BCUT2D eigenvalue weighted by molar-refractivity contribution is -0.133. The van der Waals surface area contributed by atoms with Crippen LogP contribution < -0.4 is 43.8 Å². The summed E-state index contributed by atoms with van der Waals surface area (Å²) >= 11 is 6.11. The highest BCUT2D eigenvalue weighted by Crippen LogP contribution is 2.19. The summed E-state index contributed by atoms with van der Waals surface area (Å²) < 4.78 is 0. The Kier molecular flexibility index (Phi) is 15.2. The van der Waals surface area contributed by atoms with Crippen LogP contribution in [0.4, 0.5) is 10.5 Å². The number of rotatable bonds is 19. The predicted octanol–water partition coefficient (Wildman–Crippen LogP) is 3.03. The summed E-state index contributed by atoms with van der Waals surface area (Å²) in [5.41, 5.74) is 20.3. The van der Waals surface area contributed by atoms with Gasteiger partial charge in [-0.3, -0.25) is 24.2 Å². The van der Waals surface area contributed by atoms with E-state index in [1.54, 1.807) is 85.1 Å². The van der Waals surface area contributed by atoms with Crippen molar-refractivity contribution in [3.63, 3.8) is 0 Å². The lowest BCUT2D eigenvalue weighted by Gasteiger charge is -2.26. The molecule has 0 saturated heterocycles. The number of anilines is 1. The fourth-order valence-corrected chi connectivity index (χ4v) is 6.43. The number of guanidine groups is 1. The number of hydrogen-bond acceptors (Lipinski definition) is 6. The van der Waals surface area contributed by atoms with Crippen molar-refractivity contribution < 1.29 is 24.0 Å². The molecule has 5 rings (SSSR count). The maximum absolute atomic E-state index is 14.3. The molecule has 15 nitrogen and oxygen atoms in total. The number of fused-ring (bicyclic) bond motifs is 1. The first-order valence-electron chi connectivity index (χ1n) is 18.7. The molecule has 302 valence electrons. The van der Waals surface area contributed by atoms with Crippen LogP contribution in [0.25, 0.3) is 10.9 Å². The molecule has 0 bridgehead atoms. The standard InChI is InChI=1S/C42H47ClN10O5/c43-29-19-17-27(18-20-29)23-36(53-42(58)49-30-12-5-2-6-13-30)40(57)52-35(22-26-10-3-1-4-11-26)39(56)50-33(16-9-21-47-41(45)46)38(55)51-34(37(44)54)24-28-25-48-32-15-8-7-14-31(28)32/h1-8,10-15,17-20,25,33-36,48H,9,16,21-24H2,(H2,44,54)(H,50,56)(H,51,55)(H,52,57)(H4,45,46,47)(H2,49,53,58)/t33-,34-,35-,36-/m0/s1. The zero-order valence-corrected chi connectivity index (χ0v) is 32.4. The van der Waals surface area contributed by atoms with Gasteiger partial charge in [0, 0.05) is 53.6 Å². The first-order valence-corrected chi connectivity index (χ1v) is 19.0. The topological polar surface area (TPSA) is 252 Å². The lowest BCUT2D eigenvalue weighted by Crippen LogP contribution is -2.59. The smallest absolute Gasteiger partial charge is 0.319 e. The minimum absolute atomic E-state index is 0.0368. The fraction of sp³-hybridized carbons (Fsp3) is 0.238. The molecule has 0 unspecified atom stereocenters. The van der Waals surface area contributed by atoms with Crippen LogP contribution in [-0.2, 0) is 38.4 Å². The molecule has 0 saturated carbocycles. The number of aliphatic imine (C=N–C) groups is 1. The van der Waals surface area contributed by atoms with E-state index in [2.05, 4.69) is 36.6 Å². The van der Waals surface area contributed by atoms with E-state index in [0.717, 1.165) is 16.5 Å². The van der Waals surface area contributed by atoms with Crippen molar-refractivity contribution in [2.75, 3.05) is 11.9 Å². The zero-order chi connectivity index (χ0) is 41.4. The van der Waals surface area contributed by atoms with E-state index in [0.29, 0.717) is 21.8 Å². The molecular weight excluding hydrogens is 760 g/mol. The number of benzene rings is 4. The van der Waals surface area contributed by atoms with Crippen LogP contribution in [-0.4, -0.2) is 71.3 Å². The third-order valence-electron chi connectivity index (χ3n) is 9.26. The van der Waals surface area contributed by atoms with Crippen LogP contribution >= 0.6 is 11.6 Å². The number of aromatic nitrogens is 1. The van der Waals surface area contributed by atoms with Gasteiger partial charge in [-0.2, -0.15) is 0 Å². The minimum Gasteiger partial charge on any atom is -0.370 e. The molecular formula is C42H47ClN10O5. The van der Waals surface area contributed by atoms with Gasteiger partial charge >= 0.3 is 6.03 Å². The van der Waals surface area contributed by atoms with Gasteiger partial charge in [-0.1, -0.05) is 90.5 Å². The molecule has 5 aromatic rings. The van der Waals surface area contributed by atoms with Gasteiger partial charge in [-0.15, -0.1) is 0 Å². The Morgan fingerprint density at radius 2 is 1.17 bits per heavy atom. The molecule has 1 aromatic heterocycles. The van der Waals surface area contributed by atoms with E-state index in [9.17, 15) is 24.0 Å². The van der Waals surface area contributed by atoms with Crippen LogP contribution in [0.3, 0.4) is 0 Å². The largest absolute Gasteiger partial charge is 0.370 e. The third kappa shape index (κ3) is 12.8. The van der Waals surface area contributed by atoms with Crippen molar-refractivity contribution in [2.24, 2.45) is 22.2 Å². The van der Waals surface area contributed by atoms with Gasteiger partial charge in [0.25, 0.3) is 0 Å². The van der Waals surface area contributed by atoms with Crippen LogP contribution in [0.5, 0.6) is 0 Å². The average Bonchev–Trinajstić information content (AvgIpc) is 3.62. The molecule has 0 fully saturated rings. The number of carbonyl (C=O) groups is 5. The number of amides is 6. The Morgan fingerprint density at radius 1 is 0.621 bits per heavy atom. The highest BCUT2D eigenvalue weighted by atomic mass is 35.5. The quantitative estimate of drug-likeness (QED) is 0.0342. The monoisotopic (exact) mass is 806 g/mol. The Labute approximate surface area is 340 Å². The summed E-state index contributed by atoms with van der Waals surface area (Å²) in [6, 6.07) is 26.7. The summed E-state index contributed by atoms with van der Waals surface area (Å²) in [6.45, 7) is 0.157. The van der Waals surface area contributed by atoms with Crippen molar-refractivity contribution in [2.45, 2.75) is 56.3 Å². The molecule has 0 spiro atoms. The lowest BCUT2D eigenvalue weighted by atomic mass is 10.0. The number of para-hydroxylation sites is 2. The van der Waals surface area contributed by atoms with Gasteiger partial charge in [-0.05, 0) is 59.9 Å². The van der Waals surface area contributed by atoms with Gasteiger partial charge in [0.15, 0.2) is 5.96 Å². The van der Waals surface area contributed by atoms with E-state index in [-0.39, 0.29) is 44.6 Å². The van der Waals surface area contributed by atoms with Crippen LogP contribution in [0.15, 0.2) is 120 Å². The van der Waals surface area contributed by atoms with Crippen molar-refractivity contribution in [3.05, 3.63) is 137 Å². The summed E-state index contributed by atoms with van der Waals surface area (Å²) in [5.74, 6) is -2.93. The number of primary amides is 1. The summed E-state index contributed by atoms with van der Waals surface area (Å²) in [4.78, 5) is 75.3. The highest BCUT2D eigenvalue weighted by Gasteiger charge is 2.32. The number of aromatic amines is 1. The SMILES string of the molecule is NC(=O)[C@H](Cc1c[nH]c2ccccc12)NC(=O)[C@H](CCCN=C(N)N)NC(=O)[C@H](Cc1ccccc1)NC(=O)[C@H](Cc1ccc(Cl)cc1)NC(=O)Nc1ccccc1. The van der Waals surface area contributed by atoms with Crippen molar-refractivity contribution >= 4 is 63.8 Å². The van der Waals surface area contributed by atoms with E-state index < -0.39 is 53.8 Å². The normalized spacial score (nSPS) is 12.9. The van der Waals surface area contributed by atoms with Gasteiger partial charge in [0.1, 0.15) is 24.2 Å². The minimum atomic E-state index is -1.22. The van der Waals surface area contributed by atoms with Crippen molar-refractivity contribution in [3.8, 4) is 0 Å². The first kappa shape index (κ1) is 42.3. The summed E-state index contributed by atoms with van der Waals surface area (Å²) in [6.07, 6.45) is 2.28. The number of halogens is 1. The number of H-pyrrole nitrogens is 1. The molecule has 0 aliphatic carbocycles. The Balaban J connectivity index is 1.37. The number of hydrogen-bond donors (Lipinski definition) is 9. The summed E-state index contributed by atoms with van der Waals surface area (Å²) in [5, 5.41) is 15.1. The second-order valence-electron chi connectivity index (χ2n) is 13.6. The molecule has 0 aliphatic rings. The molecule has 16 heteroatoms. The predicted molar refractivity (Wildman–Crippen MR) is 225 cm³/mol.